The van der Waals surface area contributed by atoms with Crippen molar-refractivity contribution in [3.8, 4) is 5.75 Å². The second kappa shape index (κ2) is 7.97. The zero-order valence-corrected chi connectivity index (χ0v) is 12.4. The number of hydrogen-bond acceptors (Lipinski definition) is 4. The Morgan fingerprint density at radius 3 is 2.85 bits per heavy atom. The molecule has 1 aromatic carbocycles. The zero-order chi connectivity index (χ0) is 14.2. The number of rotatable bonds is 8. The molecular weight excluding hydrogens is 275 g/mol. The summed E-state index contributed by atoms with van der Waals surface area (Å²) < 4.78 is 18.3. The van der Waals surface area contributed by atoms with Crippen molar-refractivity contribution < 1.29 is 9.13 Å². The van der Waals surface area contributed by atoms with Crippen molar-refractivity contribution in [2.24, 2.45) is 0 Å². The van der Waals surface area contributed by atoms with Gasteiger partial charge in [-0.05, 0) is 37.2 Å². The van der Waals surface area contributed by atoms with E-state index in [0.29, 0.717) is 12.4 Å². The number of halogens is 1. The zero-order valence-electron chi connectivity index (χ0n) is 11.6. The summed E-state index contributed by atoms with van der Waals surface area (Å²) in [5.41, 5.74) is 0. The summed E-state index contributed by atoms with van der Waals surface area (Å²) in [6, 6.07) is 6.07. The number of aromatic nitrogens is 1. The fourth-order valence-corrected chi connectivity index (χ4v) is 2.59. The summed E-state index contributed by atoms with van der Waals surface area (Å²) in [7, 11) is 0. The molecule has 1 N–H and O–H groups in total. The first kappa shape index (κ1) is 14.9. The minimum atomic E-state index is -0.249. The molecule has 0 amide bonds. The molecule has 1 heterocycles. The quantitative estimate of drug-likeness (QED) is 0.758. The summed E-state index contributed by atoms with van der Waals surface area (Å²) in [5, 5.41) is 4.43. The molecule has 0 aliphatic rings. The van der Waals surface area contributed by atoms with Crippen LogP contribution in [0.2, 0.25) is 0 Å². The van der Waals surface area contributed by atoms with Crippen LogP contribution < -0.4 is 10.1 Å². The summed E-state index contributed by atoms with van der Waals surface area (Å²) in [6.45, 7) is 4.62. The van der Waals surface area contributed by atoms with Crippen LogP contribution in [-0.2, 0) is 13.0 Å². The van der Waals surface area contributed by atoms with E-state index < -0.39 is 0 Å². The van der Waals surface area contributed by atoms with Gasteiger partial charge in [-0.15, -0.1) is 11.3 Å². The molecule has 20 heavy (non-hydrogen) atoms. The lowest BCUT2D eigenvalue weighted by atomic mass is 10.3. The van der Waals surface area contributed by atoms with Gasteiger partial charge in [-0.3, -0.25) is 0 Å². The van der Waals surface area contributed by atoms with Crippen LogP contribution in [0.25, 0.3) is 0 Å². The number of benzene rings is 1. The topological polar surface area (TPSA) is 34.2 Å². The molecule has 0 aliphatic carbocycles. The van der Waals surface area contributed by atoms with E-state index in [2.05, 4.69) is 17.2 Å². The molecule has 0 radical (unpaired) electrons. The van der Waals surface area contributed by atoms with Crippen molar-refractivity contribution in [1.82, 2.24) is 10.3 Å². The molecule has 1 aromatic heterocycles. The maximum absolute atomic E-state index is 12.7. The lowest BCUT2D eigenvalue weighted by Crippen LogP contribution is -2.12. The Kier molecular flexibility index (Phi) is 5.95. The molecule has 0 aliphatic heterocycles. The highest BCUT2D eigenvalue weighted by Crippen LogP contribution is 2.15. The van der Waals surface area contributed by atoms with Crippen LogP contribution in [0, 0.1) is 5.82 Å². The molecule has 2 aromatic rings. The number of ether oxygens (including phenoxy) is 1. The molecule has 108 valence electrons. The van der Waals surface area contributed by atoms with Crippen LogP contribution in [0.5, 0.6) is 5.75 Å². The van der Waals surface area contributed by atoms with Crippen LogP contribution in [0.15, 0.2) is 30.5 Å². The summed E-state index contributed by atoms with van der Waals surface area (Å²) in [5.74, 6) is 0.439. The predicted molar refractivity (Wildman–Crippen MR) is 79.7 cm³/mol. The third kappa shape index (κ3) is 4.90. The largest absolute Gasteiger partial charge is 0.493 e. The van der Waals surface area contributed by atoms with E-state index in [9.17, 15) is 4.39 Å². The van der Waals surface area contributed by atoms with E-state index in [1.165, 1.54) is 17.0 Å². The average Bonchev–Trinajstić information content (AvgIpc) is 2.89. The first-order chi connectivity index (χ1) is 9.78. The van der Waals surface area contributed by atoms with Gasteiger partial charge >= 0.3 is 0 Å². The summed E-state index contributed by atoms with van der Waals surface area (Å²) in [6.07, 6.45) is 3.83. The van der Waals surface area contributed by atoms with Gasteiger partial charge in [0, 0.05) is 24.0 Å². The van der Waals surface area contributed by atoms with E-state index in [1.54, 1.807) is 23.5 Å². The number of nitrogens with zero attached hydrogens (tertiary/aromatic N) is 1. The van der Waals surface area contributed by atoms with Crippen molar-refractivity contribution in [3.05, 3.63) is 46.2 Å². The van der Waals surface area contributed by atoms with E-state index in [4.69, 9.17) is 4.74 Å². The molecule has 0 bridgehead atoms. The highest BCUT2D eigenvalue weighted by molar-refractivity contribution is 7.11. The molecule has 0 saturated heterocycles. The van der Waals surface area contributed by atoms with Gasteiger partial charge in [-0.25, -0.2) is 9.37 Å². The van der Waals surface area contributed by atoms with Crippen LogP contribution >= 0.6 is 11.3 Å². The van der Waals surface area contributed by atoms with Crippen molar-refractivity contribution in [2.75, 3.05) is 13.2 Å². The second-order valence-corrected chi connectivity index (χ2v) is 5.65. The highest BCUT2D eigenvalue weighted by Gasteiger charge is 2.02. The molecule has 0 saturated carbocycles. The number of hydrogen-bond donors (Lipinski definition) is 1. The third-order valence-corrected chi connectivity index (χ3v) is 3.78. The predicted octanol–water partition coefficient (Wildman–Crippen LogP) is 3.40. The number of nitrogens with one attached hydrogen (secondary N) is 1. The first-order valence-corrected chi connectivity index (χ1v) is 7.62. The number of thiazole rings is 1. The molecule has 0 atom stereocenters. The van der Waals surface area contributed by atoms with Crippen molar-refractivity contribution in [1.29, 1.82) is 0 Å². The maximum atomic E-state index is 12.7. The smallest absolute Gasteiger partial charge is 0.123 e. The van der Waals surface area contributed by atoms with Crippen LogP contribution in [0.3, 0.4) is 0 Å². The van der Waals surface area contributed by atoms with Gasteiger partial charge in [0.25, 0.3) is 0 Å². The monoisotopic (exact) mass is 294 g/mol. The third-order valence-electron chi connectivity index (χ3n) is 2.73. The summed E-state index contributed by atoms with van der Waals surface area (Å²) >= 11 is 1.71. The SMILES string of the molecule is CCCNCc1cnc(CCOc2ccc(F)cc2)s1. The van der Waals surface area contributed by atoms with Gasteiger partial charge in [0.2, 0.25) is 0 Å². The van der Waals surface area contributed by atoms with Crippen LogP contribution in [0.4, 0.5) is 4.39 Å². The molecule has 2 rings (SSSR count). The van der Waals surface area contributed by atoms with E-state index in [-0.39, 0.29) is 5.82 Å². The van der Waals surface area contributed by atoms with Gasteiger partial charge in [0.1, 0.15) is 11.6 Å². The fraction of sp³-hybridized carbons (Fsp3) is 0.400. The maximum Gasteiger partial charge on any atom is 0.123 e. The van der Waals surface area contributed by atoms with Gasteiger partial charge in [0.15, 0.2) is 0 Å². The van der Waals surface area contributed by atoms with Crippen molar-refractivity contribution in [2.45, 2.75) is 26.3 Å². The second-order valence-electron chi connectivity index (χ2n) is 4.45. The fourth-order valence-electron chi connectivity index (χ4n) is 1.72. The highest BCUT2D eigenvalue weighted by atomic mass is 32.1. The molecule has 0 fully saturated rings. The normalized spacial score (nSPS) is 10.7. The van der Waals surface area contributed by atoms with Gasteiger partial charge in [-0.1, -0.05) is 6.92 Å². The molecule has 0 spiro atoms. The Bertz CT molecular complexity index is 513. The lowest BCUT2D eigenvalue weighted by Gasteiger charge is -2.04. The van der Waals surface area contributed by atoms with Crippen LogP contribution in [-0.4, -0.2) is 18.1 Å². The van der Waals surface area contributed by atoms with Crippen molar-refractivity contribution >= 4 is 11.3 Å². The van der Waals surface area contributed by atoms with E-state index in [1.807, 2.05) is 6.20 Å². The van der Waals surface area contributed by atoms with Crippen molar-refractivity contribution in [3.63, 3.8) is 0 Å². The minimum absolute atomic E-state index is 0.249. The van der Waals surface area contributed by atoms with E-state index >= 15 is 0 Å². The molecule has 0 unspecified atom stereocenters. The lowest BCUT2D eigenvalue weighted by molar-refractivity contribution is 0.321. The Hall–Kier alpha value is -1.46. The Morgan fingerprint density at radius 2 is 2.10 bits per heavy atom. The van der Waals surface area contributed by atoms with Gasteiger partial charge < -0.3 is 10.1 Å². The van der Waals surface area contributed by atoms with Crippen LogP contribution in [0.1, 0.15) is 23.2 Å². The van der Waals surface area contributed by atoms with Gasteiger partial charge in [-0.2, -0.15) is 0 Å². The van der Waals surface area contributed by atoms with E-state index in [0.717, 1.165) is 30.9 Å². The standard InChI is InChI=1S/C15H19FN2OS/c1-2-8-17-10-14-11-18-15(20-14)7-9-19-13-5-3-12(16)4-6-13/h3-6,11,17H,2,7-10H2,1H3. The summed E-state index contributed by atoms with van der Waals surface area (Å²) in [4.78, 5) is 5.62. The Morgan fingerprint density at radius 1 is 1.30 bits per heavy atom. The first-order valence-electron chi connectivity index (χ1n) is 6.80. The van der Waals surface area contributed by atoms with Gasteiger partial charge in [0.05, 0.1) is 11.6 Å². The molecule has 3 nitrogen and oxygen atoms in total. The minimum Gasteiger partial charge on any atom is -0.493 e. The molecular formula is C15H19FN2OS. The average molecular weight is 294 g/mol. The Labute approximate surface area is 122 Å². The Balaban J connectivity index is 1.72. The molecule has 5 heteroatoms.